The molecule has 0 radical (unpaired) electrons. The largest absolute Gasteiger partial charge is 0.573 e. The topological polar surface area (TPSA) is 79.5 Å². The summed E-state index contributed by atoms with van der Waals surface area (Å²) in [5.74, 6) is -3.89. The number of hydrogen-bond donors (Lipinski definition) is 1. The standard InChI is InChI=1S/C10H4F5NO4/c11-9(12)19-7-1-4(3-16)6(20-10(13,14)15)2-5(7)8(17)18/h1-2,9H,(H,17,18). The van der Waals surface area contributed by atoms with Crippen molar-refractivity contribution in [3.05, 3.63) is 23.3 Å². The molecule has 1 rings (SSSR count). The Bertz CT molecular complexity index is 564. The van der Waals surface area contributed by atoms with Crippen LogP contribution in [0.4, 0.5) is 22.0 Å². The van der Waals surface area contributed by atoms with Crippen LogP contribution in [0.3, 0.4) is 0 Å². The van der Waals surface area contributed by atoms with Crippen LogP contribution in [-0.2, 0) is 0 Å². The molecule has 0 spiro atoms. The van der Waals surface area contributed by atoms with Crippen molar-refractivity contribution in [2.24, 2.45) is 0 Å². The van der Waals surface area contributed by atoms with E-state index in [1.807, 2.05) is 0 Å². The molecule has 0 saturated carbocycles. The molecule has 0 amide bonds. The number of nitrogens with zero attached hydrogens (tertiary/aromatic N) is 1. The van der Waals surface area contributed by atoms with Gasteiger partial charge < -0.3 is 14.6 Å². The van der Waals surface area contributed by atoms with Crippen LogP contribution in [0.15, 0.2) is 12.1 Å². The van der Waals surface area contributed by atoms with Crippen molar-refractivity contribution < 1.29 is 41.3 Å². The average Bonchev–Trinajstić information content (AvgIpc) is 2.27. The summed E-state index contributed by atoms with van der Waals surface area (Å²) in [4.78, 5) is 10.8. The Morgan fingerprint density at radius 1 is 1.30 bits per heavy atom. The number of benzene rings is 1. The van der Waals surface area contributed by atoms with Crippen LogP contribution in [0.25, 0.3) is 0 Å². The van der Waals surface area contributed by atoms with Gasteiger partial charge in [-0.2, -0.15) is 14.0 Å². The van der Waals surface area contributed by atoms with Crippen molar-refractivity contribution in [3.8, 4) is 17.6 Å². The van der Waals surface area contributed by atoms with Crippen LogP contribution in [0.1, 0.15) is 15.9 Å². The predicted octanol–water partition coefficient (Wildman–Crippen LogP) is 2.76. The number of ether oxygens (including phenoxy) is 2. The van der Waals surface area contributed by atoms with Gasteiger partial charge >= 0.3 is 18.9 Å². The summed E-state index contributed by atoms with van der Waals surface area (Å²) in [6, 6.07) is 1.97. The zero-order valence-electron chi connectivity index (χ0n) is 9.24. The van der Waals surface area contributed by atoms with Crippen LogP contribution in [0.2, 0.25) is 0 Å². The minimum atomic E-state index is -5.17. The fourth-order valence-electron chi connectivity index (χ4n) is 1.22. The number of alkyl halides is 5. The molecule has 0 aliphatic rings. The minimum Gasteiger partial charge on any atom is -0.478 e. The number of carbonyl (C=O) groups is 1. The summed E-state index contributed by atoms with van der Waals surface area (Å²) in [6.45, 7) is -3.41. The Balaban J connectivity index is 3.38. The lowest BCUT2D eigenvalue weighted by atomic mass is 10.1. The molecule has 20 heavy (non-hydrogen) atoms. The van der Waals surface area contributed by atoms with E-state index >= 15 is 0 Å². The molecule has 0 heterocycles. The first-order chi connectivity index (χ1) is 9.14. The zero-order chi connectivity index (χ0) is 15.5. The molecule has 0 aromatic heterocycles. The van der Waals surface area contributed by atoms with E-state index in [1.54, 1.807) is 0 Å². The van der Waals surface area contributed by atoms with Crippen LogP contribution in [0, 0.1) is 11.3 Å². The second-order valence-corrected chi connectivity index (χ2v) is 3.19. The number of hydrogen-bond acceptors (Lipinski definition) is 4. The van der Waals surface area contributed by atoms with E-state index in [1.165, 1.54) is 6.07 Å². The lowest BCUT2D eigenvalue weighted by Crippen LogP contribution is -2.18. The number of carboxylic acids is 1. The summed E-state index contributed by atoms with van der Waals surface area (Å²) in [6.07, 6.45) is -5.17. The van der Waals surface area contributed by atoms with Gasteiger partial charge in [-0.05, 0) is 0 Å². The van der Waals surface area contributed by atoms with Crippen LogP contribution < -0.4 is 9.47 Å². The maximum absolute atomic E-state index is 12.1. The second kappa shape index (κ2) is 5.60. The highest BCUT2D eigenvalue weighted by atomic mass is 19.4. The molecule has 0 saturated heterocycles. The van der Waals surface area contributed by atoms with Crippen molar-refractivity contribution in [3.63, 3.8) is 0 Å². The first kappa shape index (κ1) is 15.5. The van der Waals surface area contributed by atoms with Gasteiger partial charge in [0.25, 0.3) is 0 Å². The summed E-state index contributed by atoms with van der Waals surface area (Å²) >= 11 is 0. The number of aromatic carboxylic acids is 1. The van der Waals surface area contributed by atoms with Gasteiger partial charge in [-0.1, -0.05) is 0 Å². The Kier molecular flexibility index (Phi) is 4.34. The van der Waals surface area contributed by atoms with E-state index in [-0.39, 0.29) is 6.07 Å². The first-order valence-electron chi connectivity index (χ1n) is 4.66. The maximum atomic E-state index is 12.1. The third-order valence-electron chi connectivity index (χ3n) is 1.87. The van der Waals surface area contributed by atoms with Crippen molar-refractivity contribution in [1.82, 2.24) is 0 Å². The Morgan fingerprint density at radius 3 is 2.30 bits per heavy atom. The van der Waals surface area contributed by atoms with Crippen LogP contribution >= 0.6 is 0 Å². The molecule has 0 bridgehead atoms. The fourth-order valence-corrected chi connectivity index (χ4v) is 1.22. The van der Waals surface area contributed by atoms with Crippen molar-refractivity contribution >= 4 is 5.97 Å². The van der Waals surface area contributed by atoms with E-state index in [2.05, 4.69) is 9.47 Å². The summed E-state index contributed by atoms with van der Waals surface area (Å²) in [5, 5.41) is 17.3. The highest BCUT2D eigenvalue weighted by molar-refractivity contribution is 5.92. The fraction of sp³-hybridized carbons (Fsp3) is 0.200. The average molecular weight is 297 g/mol. The normalized spacial score (nSPS) is 11.1. The Hall–Kier alpha value is -2.57. The SMILES string of the molecule is N#Cc1cc(OC(F)F)c(C(=O)O)cc1OC(F)(F)F. The molecular formula is C10H4F5NO4. The third-order valence-corrected chi connectivity index (χ3v) is 1.87. The molecule has 0 aliphatic carbocycles. The van der Waals surface area contributed by atoms with Gasteiger partial charge in [0.15, 0.2) is 0 Å². The molecule has 0 fully saturated rings. The first-order valence-corrected chi connectivity index (χ1v) is 4.66. The van der Waals surface area contributed by atoms with Gasteiger partial charge in [-0.25, -0.2) is 4.79 Å². The van der Waals surface area contributed by atoms with Gasteiger partial charge in [0.1, 0.15) is 23.1 Å². The van der Waals surface area contributed by atoms with Gasteiger partial charge in [0.05, 0.1) is 5.56 Å². The highest BCUT2D eigenvalue weighted by Crippen LogP contribution is 2.33. The molecule has 0 aliphatic heterocycles. The molecule has 10 heteroatoms. The van der Waals surface area contributed by atoms with E-state index in [4.69, 9.17) is 10.4 Å². The quantitative estimate of drug-likeness (QED) is 0.864. The summed E-state index contributed by atoms with van der Waals surface area (Å²) in [5.41, 5.74) is -1.80. The number of halogens is 5. The molecule has 0 atom stereocenters. The van der Waals surface area contributed by atoms with Gasteiger partial charge in [-0.15, -0.1) is 13.2 Å². The van der Waals surface area contributed by atoms with E-state index in [0.717, 1.165) is 0 Å². The third kappa shape index (κ3) is 3.98. The number of rotatable bonds is 4. The van der Waals surface area contributed by atoms with E-state index in [9.17, 15) is 26.7 Å². The number of nitriles is 1. The predicted molar refractivity (Wildman–Crippen MR) is 51.4 cm³/mol. The van der Waals surface area contributed by atoms with Crippen LogP contribution in [-0.4, -0.2) is 24.0 Å². The molecular weight excluding hydrogens is 293 g/mol. The molecule has 0 unspecified atom stereocenters. The highest BCUT2D eigenvalue weighted by Gasteiger charge is 2.33. The molecule has 1 aromatic rings. The van der Waals surface area contributed by atoms with Gasteiger partial charge in [-0.3, -0.25) is 0 Å². The smallest absolute Gasteiger partial charge is 0.478 e. The summed E-state index contributed by atoms with van der Waals surface area (Å²) in [7, 11) is 0. The molecule has 5 nitrogen and oxygen atoms in total. The zero-order valence-corrected chi connectivity index (χ0v) is 9.24. The van der Waals surface area contributed by atoms with Crippen molar-refractivity contribution in [1.29, 1.82) is 5.26 Å². The lowest BCUT2D eigenvalue weighted by Gasteiger charge is -2.13. The molecule has 1 N–H and O–H groups in total. The van der Waals surface area contributed by atoms with Gasteiger partial charge in [0.2, 0.25) is 0 Å². The minimum absolute atomic E-state index is 0.284. The van der Waals surface area contributed by atoms with E-state index < -0.39 is 41.6 Å². The van der Waals surface area contributed by atoms with Crippen LogP contribution in [0.5, 0.6) is 11.5 Å². The maximum Gasteiger partial charge on any atom is 0.573 e. The molecule has 108 valence electrons. The Labute approximate surface area is 107 Å². The molecule has 1 aromatic carbocycles. The van der Waals surface area contributed by atoms with E-state index in [0.29, 0.717) is 6.07 Å². The second-order valence-electron chi connectivity index (χ2n) is 3.19. The van der Waals surface area contributed by atoms with Crippen molar-refractivity contribution in [2.45, 2.75) is 13.0 Å². The van der Waals surface area contributed by atoms with Crippen molar-refractivity contribution in [2.75, 3.05) is 0 Å². The summed E-state index contributed by atoms with van der Waals surface area (Å²) < 4.78 is 67.6. The number of carboxylic acid groups (broad SMARTS) is 1. The van der Waals surface area contributed by atoms with Gasteiger partial charge in [0, 0.05) is 12.1 Å². The monoisotopic (exact) mass is 297 g/mol. The lowest BCUT2D eigenvalue weighted by molar-refractivity contribution is -0.274. The Morgan fingerprint density at radius 2 is 1.90 bits per heavy atom.